The van der Waals surface area contributed by atoms with Crippen LogP contribution in [0.25, 0.3) is 11.3 Å². The number of nitrogens with one attached hydrogen (secondary N) is 2. The Morgan fingerprint density at radius 1 is 1.04 bits per heavy atom. The summed E-state index contributed by atoms with van der Waals surface area (Å²) in [6.07, 6.45) is 4.06. The highest BCUT2D eigenvalue weighted by Gasteiger charge is 2.07. The summed E-state index contributed by atoms with van der Waals surface area (Å²) in [4.78, 5) is 13.1. The van der Waals surface area contributed by atoms with Crippen molar-refractivity contribution in [2.45, 2.75) is 13.0 Å². The molecule has 0 bridgehead atoms. The van der Waals surface area contributed by atoms with E-state index in [-0.39, 0.29) is 12.4 Å². The molecule has 0 spiro atoms. The molecule has 0 saturated carbocycles. The zero-order chi connectivity index (χ0) is 18.2. The lowest BCUT2D eigenvalue weighted by Crippen LogP contribution is -2.10. The molecule has 0 radical (unpaired) electrons. The van der Waals surface area contributed by atoms with E-state index in [0.29, 0.717) is 31.3 Å². The van der Waals surface area contributed by atoms with Gasteiger partial charge in [0.1, 0.15) is 11.6 Å². The molecule has 0 aliphatic carbocycles. The van der Waals surface area contributed by atoms with Gasteiger partial charge in [-0.1, -0.05) is 12.1 Å². The van der Waals surface area contributed by atoms with Gasteiger partial charge in [-0.3, -0.25) is 4.98 Å². The van der Waals surface area contributed by atoms with Crippen LogP contribution in [0.4, 0.5) is 16.2 Å². The van der Waals surface area contributed by atoms with E-state index < -0.39 is 0 Å². The van der Waals surface area contributed by atoms with Crippen LogP contribution in [-0.4, -0.2) is 33.2 Å². The van der Waals surface area contributed by atoms with Crippen LogP contribution < -0.4 is 10.6 Å². The summed E-state index contributed by atoms with van der Waals surface area (Å²) in [5, 5.41) is 15.3. The maximum absolute atomic E-state index is 13.0. The van der Waals surface area contributed by atoms with E-state index in [1.807, 2.05) is 18.2 Å². The topological polar surface area (TPSA) is 83.0 Å². The molecule has 0 fully saturated rings. The van der Waals surface area contributed by atoms with Crippen LogP contribution in [-0.2, 0) is 6.54 Å². The fourth-order valence-corrected chi connectivity index (χ4v) is 2.35. The van der Waals surface area contributed by atoms with Crippen LogP contribution >= 0.6 is 0 Å². The number of aliphatic hydroxyl groups excluding tert-OH is 1. The molecule has 0 amide bonds. The Labute approximate surface area is 151 Å². The maximum atomic E-state index is 13.0. The Bertz CT molecular complexity index is 827. The lowest BCUT2D eigenvalue weighted by Gasteiger charge is -2.11. The van der Waals surface area contributed by atoms with Gasteiger partial charge in [0, 0.05) is 43.7 Å². The monoisotopic (exact) mass is 353 g/mol. The first kappa shape index (κ1) is 17.8. The van der Waals surface area contributed by atoms with Crippen molar-refractivity contribution in [1.82, 2.24) is 15.0 Å². The number of halogens is 1. The van der Waals surface area contributed by atoms with E-state index in [0.717, 1.165) is 16.8 Å². The normalized spacial score (nSPS) is 10.5. The van der Waals surface area contributed by atoms with Crippen molar-refractivity contribution in [1.29, 1.82) is 0 Å². The zero-order valence-corrected chi connectivity index (χ0v) is 14.2. The predicted octanol–water partition coefficient (Wildman–Crippen LogP) is 3.08. The number of rotatable bonds is 8. The lowest BCUT2D eigenvalue weighted by molar-refractivity contribution is 0.292. The Morgan fingerprint density at radius 2 is 1.88 bits per heavy atom. The highest BCUT2D eigenvalue weighted by Crippen LogP contribution is 2.21. The van der Waals surface area contributed by atoms with E-state index in [1.54, 1.807) is 24.5 Å². The number of benzene rings is 1. The summed E-state index contributed by atoms with van der Waals surface area (Å²) >= 11 is 0. The standard InChI is InChI=1S/C19H20FN5O/c20-16-6-4-14(5-7-16)12-23-18-11-17(15-3-1-8-21-13-15)24-19(25-18)22-9-2-10-26/h1,3-8,11,13,26H,2,9-10,12H2,(H2,22,23,24,25). The molecule has 134 valence electrons. The summed E-state index contributed by atoms with van der Waals surface area (Å²) < 4.78 is 13.0. The smallest absolute Gasteiger partial charge is 0.225 e. The van der Waals surface area contributed by atoms with Gasteiger partial charge in [-0.25, -0.2) is 9.37 Å². The van der Waals surface area contributed by atoms with Crippen molar-refractivity contribution < 1.29 is 9.50 Å². The number of hydrogen-bond acceptors (Lipinski definition) is 6. The minimum absolute atomic E-state index is 0.102. The lowest BCUT2D eigenvalue weighted by atomic mass is 10.2. The molecule has 0 saturated heterocycles. The van der Waals surface area contributed by atoms with Gasteiger partial charge in [0.15, 0.2) is 0 Å². The molecule has 3 N–H and O–H groups in total. The van der Waals surface area contributed by atoms with Gasteiger partial charge < -0.3 is 15.7 Å². The third-order valence-electron chi connectivity index (χ3n) is 3.69. The third kappa shape index (κ3) is 4.97. The van der Waals surface area contributed by atoms with Crippen LogP contribution in [0.3, 0.4) is 0 Å². The molecular weight excluding hydrogens is 333 g/mol. The molecule has 2 aromatic heterocycles. The number of aromatic nitrogens is 3. The number of pyridine rings is 1. The Balaban J connectivity index is 1.80. The molecule has 6 nitrogen and oxygen atoms in total. The molecule has 2 heterocycles. The first-order chi connectivity index (χ1) is 12.7. The van der Waals surface area contributed by atoms with E-state index in [1.165, 1.54) is 12.1 Å². The maximum Gasteiger partial charge on any atom is 0.225 e. The minimum Gasteiger partial charge on any atom is -0.396 e. The summed E-state index contributed by atoms with van der Waals surface area (Å²) in [5.41, 5.74) is 2.56. The fraction of sp³-hybridized carbons (Fsp3) is 0.211. The number of aliphatic hydroxyl groups is 1. The first-order valence-corrected chi connectivity index (χ1v) is 8.37. The number of nitrogens with zero attached hydrogens (tertiary/aromatic N) is 3. The summed E-state index contributed by atoms with van der Waals surface area (Å²) in [6, 6.07) is 11.9. The summed E-state index contributed by atoms with van der Waals surface area (Å²) in [6.45, 7) is 1.19. The van der Waals surface area contributed by atoms with Crippen LogP contribution in [0.1, 0.15) is 12.0 Å². The van der Waals surface area contributed by atoms with Crippen LogP contribution in [0.15, 0.2) is 54.9 Å². The first-order valence-electron chi connectivity index (χ1n) is 8.37. The SMILES string of the molecule is OCCCNc1nc(NCc2ccc(F)cc2)cc(-c2cccnc2)n1. The molecule has 26 heavy (non-hydrogen) atoms. The molecule has 1 aromatic carbocycles. The molecule has 0 aliphatic heterocycles. The highest BCUT2D eigenvalue weighted by molar-refractivity contribution is 5.63. The van der Waals surface area contributed by atoms with Gasteiger partial charge in [0.25, 0.3) is 0 Å². The van der Waals surface area contributed by atoms with Crippen molar-refractivity contribution in [3.8, 4) is 11.3 Å². The van der Waals surface area contributed by atoms with Crippen molar-refractivity contribution in [3.05, 3.63) is 66.2 Å². The second-order valence-electron chi connectivity index (χ2n) is 5.69. The Kier molecular flexibility index (Phi) is 6.05. The average molecular weight is 353 g/mol. The molecule has 7 heteroatoms. The van der Waals surface area contributed by atoms with Crippen molar-refractivity contribution in [3.63, 3.8) is 0 Å². The Morgan fingerprint density at radius 3 is 2.62 bits per heavy atom. The van der Waals surface area contributed by atoms with Crippen LogP contribution in [0.5, 0.6) is 0 Å². The zero-order valence-electron chi connectivity index (χ0n) is 14.2. The largest absolute Gasteiger partial charge is 0.396 e. The second kappa shape index (κ2) is 8.87. The van der Waals surface area contributed by atoms with Gasteiger partial charge in [0.05, 0.1) is 5.69 Å². The van der Waals surface area contributed by atoms with Gasteiger partial charge in [-0.15, -0.1) is 0 Å². The van der Waals surface area contributed by atoms with Crippen LogP contribution in [0, 0.1) is 5.82 Å². The Hall–Kier alpha value is -3.06. The second-order valence-corrected chi connectivity index (χ2v) is 5.69. The highest BCUT2D eigenvalue weighted by atomic mass is 19.1. The summed E-state index contributed by atoms with van der Waals surface area (Å²) in [5.74, 6) is 0.862. The van der Waals surface area contributed by atoms with Crippen LogP contribution in [0.2, 0.25) is 0 Å². The quantitative estimate of drug-likeness (QED) is 0.540. The minimum atomic E-state index is -0.259. The molecule has 0 unspecified atom stereocenters. The number of anilines is 2. The molecule has 0 atom stereocenters. The van der Waals surface area contributed by atoms with E-state index in [4.69, 9.17) is 5.11 Å². The van der Waals surface area contributed by atoms with Gasteiger partial charge in [-0.2, -0.15) is 4.98 Å². The van der Waals surface area contributed by atoms with Crippen molar-refractivity contribution >= 4 is 11.8 Å². The average Bonchev–Trinajstić information content (AvgIpc) is 2.68. The van der Waals surface area contributed by atoms with Gasteiger partial charge >= 0.3 is 0 Å². The van der Waals surface area contributed by atoms with Gasteiger partial charge in [-0.05, 0) is 36.2 Å². The molecule has 3 rings (SSSR count). The van der Waals surface area contributed by atoms with Gasteiger partial charge in [0.2, 0.25) is 5.95 Å². The molecule has 0 aliphatic rings. The van der Waals surface area contributed by atoms with Crippen molar-refractivity contribution in [2.24, 2.45) is 0 Å². The van der Waals surface area contributed by atoms with E-state index >= 15 is 0 Å². The molecular formula is C19H20FN5O. The van der Waals surface area contributed by atoms with E-state index in [9.17, 15) is 4.39 Å². The predicted molar refractivity (Wildman–Crippen MR) is 99.2 cm³/mol. The van der Waals surface area contributed by atoms with E-state index in [2.05, 4.69) is 25.6 Å². The molecule has 3 aromatic rings. The van der Waals surface area contributed by atoms with Crippen molar-refractivity contribution in [2.75, 3.05) is 23.8 Å². The fourth-order valence-electron chi connectivity index (χ4n) is 2.35. The summed E-state index contributed by atoms with van der Waals surface area (Å²) in [7, 11) is 0. The number of hydrogen-bond donors (Lipinski definition) is 3. The third-order valence-corrected chi connectivity index (χ3v) is 3.69.